The average molecular weight is 336 g/mol. The Kier molecular flexibility index (Phi) is 4.90. The van der Waals surface area contributed by atoms with Crippen LogP contribution in [0.5, 0.6) is 0 Å². The molecule has 2 aromatic rings. The number of carbonyl (C=O) groups is 1. The van der Waals surface area contributed by atoms with Crippen molar-refractivity contribution < 1.29 is 9.18 Å². The summed E-state index contributed by atoms with van der Waals surface area (Å²) in [4.78, 5) is 12.2. The zero-order valence-electron chi connectivity index (χ0n) is 11.1. The number of benzene rings is 2. The molecule has 4 heteroatoms. The van der Waals surface area contributed by atoms with Crippen LogP contribution in [0.4, 0.5) is 4.39 Å². The Balaban J connectivity index is 2.15. The van der Waals surface area contributed by atoms with Crippen LogP contribution in [0.15, 0.2) is 53.0 Å². The third-order valence-corrected chi connectivity index (χ3v) is 3.71. The molecule has 0 aliphatic heterocycles. The highest BCUT2D eigenvalue weighted by Crippen LogP contribution is 2.19. The van der Waals surface area contributed by atoms with Gasteiger partial charge in [0.05, 0.1) is 10.5 Å². The Morgan fingerprint density at radius 3 is 2.55 bits per heavy atom. The maximum Gasteiger partial charge on any atom is 0.251 e. The first-order chi connectivity index (χ1) is 9.61. The van der Waals surface area contributed by atoms with Gasteiger partial charge in [-0.15, -0.1) is 0 Å². The van der Waals surface area contributed by atoms with Crippen LogP contribution in [0, 0.1) is 5.82 Å². The van der Waals surface area contributed by atoms with Crippen LogP contribution in [0.2, 0.25) is 0 Å². The van der Waals surface area contributed by atoms with Crippen molar-refractivity contribution in [2.24, 2.45) is 0 Å². The standard InChI is InChI=1S/C16H15BrFNO/c1-2-15(11-6-4-3-5-7-11)19-16(20)12-8-9-14(18)13(17)10-12/h3-10,15H,2H2,1H3,(H,19,20). The molecule has 1 atom stereocenters. The molecule has 2 aromatic carbocycles. The van der Waals surface area contributed by atoms with Gasteiger partial charge in [-0.05, 0) is 46.1 Å². The first kappa shape index (κ1) is 14.7. The van der Waals surface area contributed by atoms with Gasteiger partial charge >= 0.3 is 0 Å². The van der Waals surface area contributed by atoms with Crippen molar-refractivity contribution >= 4 is 21.8 Å². The van der Waals surface area contributed by atoms with E-state index < -0.39 is 0 Å². The second-order valence-electron chi connectivity index (χ2n) is 4.47. The Hall–Kier alpha value is -1.68. The zero-order chi connectivity index (χ0) is 14.5. The SMILES string of the molecule is CCC(NC(=O)c1ccc(F)c(Br)c1)c1ccccc1. The molecule has 0 radical (unpaired) electrons. The lowest BCUT2D eigenvalue weighted by Crippen LogP contribution is -2.28. The Morgan fingerprint density at radius 2 is 1.95 bits per heavy atom. The molecule has 0 aromatic heterocycles. The summed E-state index contributed by atoms with van der Waals surface area (Å²) in [6.07, 6.45) is 0.790. The Morgan fingerprint density at radius 1 is 1.25 bits per heavy atom. The van der Waals surface area contributed by atoms with E-state index in [1.54, 1.807) is 0 Å². The number of rotatable bonds is 4. The second kappa shape index (κ2) is 6.66. The highest BCUT2D eigenvalue weighted by atomic mass is 79.9. The predicted molar refractivity (Wildman–Crippen MR) is 81.0 cm³/mol. The number of hydrogen-bond donors (Lipinski definition) is 1. The molecule has 0 aliphatic rings. The smallest absolute Gasteiger partial charge is 0.251 e. The summed E-state index contributed by atoms with van der Waals surface area (Å²) >= 11 is 3.09. The van der Waals surface area contributed by atoms with E-state index >= 15 is 0 Å². The van der Waals surface area contributed by atoms with Gasteiger partial charge in [0, 0.05) is 5.56 Å². The minimum Gasteiger partial charge on any atom is -0.345 e. The van der Waals surface area contributed by atoms with Gasteiger partial charge in [0.15, 0.2) is 0 Å². The van der Waals surface area contributed by atoms with Gasteiger partial charge in [0.25, 0.3) is 5.91 Å². The van der Waals surface area contributed by atoms with Crippen molar-refractivity contribution in [1.29, 1.82) is 0 Å². The monoisotopic (exact) mass is 335 g/mol. The molecule has 1 N–H and O–H groups in total. The van der Waals surface area contributed by atoms with Crippen LogP contribution >= 0.6 is 15.9 Å². The molecule has 1 amide bonds. The number of halogens is 2. The summed E-state index contributed by atoms with van der Waals surface area (Å²) in [7, 11) is 0. The van der Waals surface area contributed by atoms with Crippen molar-refractivity contribution in [3.05, 3.63) is 69.9 Å². The molecule has 0 fully saturated rings. The number of carbonyl (C=O) groups excluding carboxylic acids is 1. The van der Waals surface area contributed by atoms with Gasteiger partial charge < -0.3 is 5.32 Å². The van der Waals surface area contributed by atoms with Gasteiger partial charge in [-0.1, -0.05) is 37.3 Å². The molecular formula is C16H15BrFNO. The molecule has 0 saturated carbocycles. The van der Waals surface area contributed by atoms with Crippen molar-refractivity contribution in [1.82, 2.24) is 5.32 Å². The van der Waals surface area contributed by atoms with Crippen molar-refractivity contribution in [3.8, 4) is 0 Å². The summed E-state index contributed by atoms with van der Waals surface area (Å²) in [6, 6.07) is 14.0. The molecule has 2 nitrogen and oxygen atoms in total. The van der Waals surface area contributed by atoms with E-state index in [9.17, 15) is 9.18 Å². The fourth-order valence-corrected chi connectivity index (χ4v) is 2.36. The minimum absolute atomic E-state index is 0.0486. The Bertz CT molecular complexity index is 601. The first-order valence-electron chi connectivity index (χ1n) is 6.42. The predicted octanol–water partition coefficient (Wildman–Crippen LogP) is 4.47. The largest absolute Gasteiger partial charge is 0.345 e. The van der Waals surface area contributed by atoms with Gasteiger partial charge in [-0.2, -0.15) is 0 Å². The summed E-state index contributed by atoms with van der Waals surface area (Å²) in [6.45, 7) is 2.01. The van der Waals surface area contributed by atoms with Crippen LogP contribution in [0.25, 0.3) is 0 Å². The third-order valence-electron chi connectivity index (χ3n) is 3.10. The topological polar surface area (TPSA) is 29.1 Å². The lowest BCUT2D eigenvalue weighted by atomic mass is 10.0. The molecular weight excluding hydrogens is 321 g/mol. The van der Waals surface area contributed by atoms with E-state index in [0.29, 0.717) is 5.56 Å². The molecule has 20 heavy (non-hydrogen) atoms. The molecule has 104 valence electrons. The average Bonchev–Trinajstić information content (AvgIpc) is 2.48. The van der Waals surface area contributed by atoms with E-state index in [1.807, 2.05) is 37.3 Å². The highest BCUT2D eigenvalue weighted by Gasteiger charge is 2.14. The van der Waals surface area contributed by atoms with Crippen LogP contribution < -0.4 is 5.32 Å². The zero-order valence-corrected chi connectivity index (χ0v) is 12.7. The van der Waals surface area contributed by atoms with Gasteiger partial charge in [0.2, 0.25) is 0 Å². The van der Waals surface area contributed by atoms with E-state index in [2.05, 4.69) is 21.2 Å². The Labute approximate surface area is 126 Å². The molecule has 0 spiro atoms. The lowest BCUT2D eigenvalue weighted by Gasteiger charge is -2.17. The third kappa shape index (κ3) is 3.45. The molecule has 2 rings (SSSR count). The van der Waals surface area contributed by atoms with Crippen molar-refractivity contribution in [3.63, 3.8) is 0 Å². The molecule has 0 aliphatic carbocycles. The van der Waals surface area contributed by atoms with Crippen molar-refractivity contribution in [2.45, 2.75) is 19.4 Å². The molecule has 1 unspecified atom stereocenters. The van der Waals surface area contributed by atoms with Crippen LogP contribution in [0.1, 0.15) is 35.3 Å². The number of hydrogen-bond acceptors (Lipinski definition) is 1. The second-order valence-corrected chi connectivity index (χ2v) is 5.33. The minimum atomic E-state index is -0.378. The quantitative estimate of drug-likeness (QED) is 0.877. The summed E-state index contributed by atoms with van der Waals surface area (Å²) < 4.78 is 13.5. The lowest BCUT2D eigenvalue weighted by molar-refractivity contribution is 0.0935. The molecule has 0 bridgehead atoms. The maximum atomic E-state index is 13.2. The summed E-state index contributed by atoms with van der Waals surface area (Å²) in [5, 5.41) is 2.96. The highest BCUT2D eigenvalue weighted by molar-refractivity contribution is 9.10. The molecule has 0 heterocycles. The van der Waals surface area contributed by atoms with Gasteiger partial charge in [0.1, 0.15) is 5.82 Å². The van der Waals surface area contributed by atoms with Gasteiger partial charge in [-0.3, -0.25) is 4.79 Å². The van der Waals surface area contributed by atoms with E-state index in [1.165, 1.54) is 18.2 Å². The van der Waals surface area contributed by atoms with Crippen LogP contribution in [-0.2, 0) is 0 Å². The molecule has 0 saturated heterocycles. The van der Waals surface area contributed by atoms with Crippen LogP contribution in [-0.4, -0.2) is 5.91 Å². The normalized spacial score (nSPS) is 11.9. The maximum absolute atomic E-state index is 13.2. The summed E-state index contributed by atoms with van der Waals surface area (Å²) in [5.41, 5.74) is 1.50. The van der Waals surface area contributed by atoms with Crippen molar-refractivity contribution in [2.75, 3.05) is 0 Å². The van der Waals surface area contributed by atoms with E-state index in [-0.39, 0.29) is 22.2 Å². The number of amides is 1. The summed E-state index contributed by atoms with van der Waals surface area (Å²) in [5.74, 6) is -0.585. The van der Waals surface area contributed by atoms with E-state index in [4.69, 9.17) is 0 Å². The fraction of sp³-hybridized carbons (Fsp3) is 0.188. The van der Waals surface area contributed by atoms with Crippen LogP contribution in [0.3, 0.4) is 0 Å². The fourth-order valence-electron chi connectivity index (χ4n) is 1.99. The first-order valence-corrected chi connectivity index (χ1v) is 7.22. The van der Waals surface area contributed by atoms with Gasteiger partial charge in [-0.25, -0.2) is 4.39 Å². The number of nitrogens with one attached hydrogen (secondary N) is 1. The van der Waals surface area contributed by atoms with E-state index in [0.717, 1.165) is 12.0 Å².